The van der Waals surface area contributed by atoms with Crippen molar-refractivity contribution < 1.29 is 42.9 Å². The van der Waals surface area contributed by atoms with E-state index < -0.39 is 24.3 Å². The van der Waals surface area contributed by atoms with Gasteiger partial charge in [0.2, 0.25) is 0 Å². The van der Waals surface area contributed by atoms with Crippen LogP contribution in [0.2, 0.25) is 0 Å². The molecule has 0 fully saturated rings. The highest BCUT2D eigenvalue weighted by Gasteiger charge is 2.25. The smallest absolute Gasteiger partial charge is 0.361 e. The van der Waals surface area contributed by atoms with Crippen molar-refractivity contribution >= 4 is 17.9 Å². The Kier molecular flexibility index (Phi) is 61.5. The molecule has 0 saturated heterocycles. The lowest BCUT2D eigenvalue weighted by Gasteiger charge is -2.25. The van der Waals surface area contributed by atoms with Gasteiger partial charge in [-0.05, 0) is 38.5 Å². The molecule has 2 unspecified atom stereocenters. The fraction of sp³-hybridized carbons (Fsp3) is 0.930. The van der Waals surface area contributed by atoms with Gasteiger partial charge in [0.15, 0.2) is 6.10 Å². The van der Waals surface area contributed by atoms with Crippen molar-refractivity contribution in [2.45, 2.75) is 379 Å². The SMILES string of the molecule is CCCCCCC/C=C\CCCCCCCC(=O)OC(COC(=O)CCCCCCCCCCCCCCCCCCCCCCCCCCCCCCCCCCCCCCCCCCC)COC(OCC[N+](C)(C)C)C(=O)O. The Balaban J connectivity index is 3.83. The van der Waals surface area contributed by atoms with Crippen molar-refractivity contribution in [3.8, 4) is 0 Å². The number of rotatable bonds is 67. The van der Waals surface area contributed by atoms with Gasteiger partial charge in [-0.1, -0.05) is 328 Å². The molecule has 474 valence electrons. The fourth-order valence-corrected chi connectivity index (χ4v) is 10.8. The number of nitrogens with zero attached hydrogens (tertiary/aromatic N) is 1. The van der Waals surface area contributed by atoms with Crippen molar-refractivity contribution in [2.24, 2.45) is 0 Å². The zero-order chi connectivity index (χ0) is 58.3. The van der Waals surface area contributed by atoms with Crippen molar-refractivity contribution in [3.63, 3.8) is 0 Å². The first-order valence-corrected chi connectivity index (χ1v) is 35.4. The molecule has 0 aromatic carbocycles. The maximum absolute atomic E-state index is 12.8. The summed E-state index contributed by atoms with van der Waals surface area (Å²) in [5, 5.41) is 9.71. The summed E-state index contributed by atoms with van der Waals surface area (Å²) in [5.41, 5.74) is 0. The van der Waals surface area contributed by atoms with E-state index in [2.05, 4.69) is 26.0 Å². The van der Waals surface area contributed by atoms with E-state index in [1.54, 1.807) is 0 Å². The Morgan fingerprint density at radius 2 is 0.637 bits per heavy atom. The number of carboxylic acids is 1. The average molecular weight is 1130 g/mol. The monoisotopic (exact) mass is 1130 g/mol. The molecule has 0 aliphatic heterocycles. The molecule has 9 nitrogen and oxygen atoms in total. The summed E-state index contributed by atoms with van der Waals surface area (Å²) in [4.78, 5) is 37.4. The number of esters is 2. The van der Waals surface area contributed by atoms with Gasteiger partial charge in [0.1, 0.15) is 13.2 Å². The predicted molar refractivity (Wildman–Crippen MR) is 341 cm³/mol. The fourth-order valence-electron chi connectivity index (χ4n) is 10.8. The molecule has 0 bridgehead atoms. The van der Waals surface area contributed by atoms with E-state index >= 15 is 0 Å². The third-order valence-corrected chi connectivity index (χ3v) is 16.3. The Morgan fingerprint density at radius 3 is 0.925 bits per heavy atom. The van der Waals surface area contributed by atoms with Crippen molar-refractivity contribution in [1.29, 1.82) is 0 Å². The largest absolute Gasteiger partial charge is 0.477 e. The molecule has 1 N–H and O–H groups in total. The first-order valence-electron chi connectivity index (χ1n) is 35.4. The zero-order valence-electron chi connectivity index (χ0n) is 54.3. The molecule has 0 aliphatic rings. The Labute approximate surface area is 497 Å². The molecule has 2 atom stereocenters. The Hall–Kier alpha value is -1.97. The van der Waals surface area contributed by atoms with Crippen LogP contribution in [0.4, 0.5) is 0 Å². The van der Waals surface area contributed by atoms with E-state index in [-0.39, 0.29) is 32.2 Å². The number of quaternary nitrogens is 1. The maximum Gasteiger partial charge on any atom is 0.361 e. The zero-order valence-corrected chi connectivity index (χ0v) is 54.3. The first-order chi connectivity index (χ1) is 39.1. The van der Waals surface area contributed by atoms with E-state index in [9.17, 15) is 19.5 Å². The van der Waals surface area contributed by atoms with Gasteiger partial charge in [0.05, 0.1) is 34.4 Å². The summed E-state index contributed by atoms with van der Waals surface area (Å²) in [5.74, 6) is -1.99. The summed E-state index contributed by atoms with van der Waals surface area (Å²) >= 11 is 0. The topological polar surface area (TPSA) is 108 Å². The minimum atomic E-state index is -1.51. The van der Waals surface area contributed by atoms with Gasteiger partial charge in [0, 0.05) is 12.8 Å². The highest BCUT2D eigenvalue weighted by molar-refractivity contribution is 5.71. The second-order valence-corrected chi connectivity index (χ2v) is 25.6. The predicted octanol–water partition coefficient (Wildman–Crippen LogP) is 21.6. The van der Waals surface area contributed by atoms with Crippen LogP contribution >= 0.6 is 0 Å². The van der Waals surface area contributed by atoms with Crippen LogP contribution < -0.4 is 0 Å². The van der Waals surface area contributed by atoms with Crippen molar-refractivity contribution in [1.82, 2.24) is 0 Å². The van der Waals surface area contributed by atoms with Crippen LogP contribution in [-0.4, -0.2) is 87.4 Å². The van der Waals surface area contributed by atoms with Gasteiger partial charge in [-0.25, -0.2) is 4.79 Å². The molecular formula is C71H138NO8+. The third kappa shape index (κ3) is 63.6. The van der Waals surface area contributed by atoms with Crippen molar-refractivity contribution in [3.05, 3.63) is 12.2 Å². The number of aliphatic carboxylic acids is 1. The van der Waals surface area contributed by atoms with Crippen LogP contribution in [0.15, 0.2) is 12.2 Å². The first kappa shape index (κ1) is 78.0. The quantitative estimate of drug-likeness (QED) is 0.0211. The van der Waals surface area contributed by atoms with E-state index in [0.29, 0.717) is 23.9 Å². The van der Waals surface area contributed by atoms with E-state index in [1.165, 1.54) is 283 Å². The molecule has 9 heteroatoms. The summed E-state index contributed by atoms with van der Waals surface area (Å²) in [6.07, 6.45) is 73.7. The van der Waals surface area contributed by atoms with Gasteiger partial charge in [-0.15, -0.1) is 0 Å². The average Bonchev–Trinajstić information content (AvgIpc) is 3.43. The minimum absolute atomic E-state index is 0.179. The second kappa shape index (κ2) is 63.1. The van der Waals surface area contributed by atoms with Crippen LogP contribution in [0.25, 0.3) is 0 Å². The van der Waals surface area contributed by atoms with E-state index in [4.69, 9.17) is 18.9 Å². The van der Waals surface area contributed by atoms with Crippen LogP contribution in [0, 0.1) is 0 Å². The number of likely N-dealkylation sites (N-methyl/N-ethyl adjacent to an activating group) is 1. The summed E-state index contributed by atoms with van der Waals surface area (Å²) in [7, 11) is 5.98. The molecule has 80 heavy (non-hydrogen) atoms. The number of hydrogen-bond donors (Lipinski definition) is 1. The molecule has 0 spiro atoms. The highest BCUT2D eigenvalue weighted by Crippen LogP contribution is 2.19. The number of carbonyl (C=O) groups is 3. The van der Waals surface area contributed by atoms with Gasteiger partial charge >= 0.3 is 17.9 Å². The van der Waals surface area contributed by atoms with Gasteiger partial charge in [-0.3, -0.25) is 9.59 Å². The molecule has 0 radical (unpaired) electrons. The number of hydrogen-bond acceptors (Lipinski definition) is 7. The molecule has 0 heterocycles. The number of carboxylic acid groups (broad SMARTS) is 1. The van der Waals surface area contributed by atoms with E-state index in [0.717, 1.165) is 51.4 Å². The van der Waals surface area contributed by atoms with E-state index in [1.807, 2.05) is 21.1 Å². The van der Waals surface area contributed by atoms with Gasteiger partial charge in [0.25, 0.3) is 6.29 Å². The third-order valence-electron chi connectivity index (χ3n) is 16.3. The minimum Gasteiger partial charge on any atom is -0.477 e. The Bertz CT molecular complexity index is 1320. The van der Waals surface area contributed by atoms with Crippen molar-refractivity contribution in [2.75, 3.05) is 47.5 Å². The summed E-state index contributed by atoms with van der Waals surface area (Å²) in [6, 6.07) is 0. The molecule has 0 amide bonds. The lowest BCUT2D eigenvalue weighted by Crippen LogP contribution is -2.40. The number of unbranched alkanes of at least 4 members (excludes halogenated alkanes) is 50. The van der Waals surface area contributed by atoms with Crippen LogP contribution in [0.1, 0.15) is 367 Å². The second-order valence-electron chi connectivity index (χ2n) is 25.6. The maximum atomic E-state index is 12.8. The lowest BCUT2D eigenvalue weighted by molar-refractivity contribution is -0.870. The molecular weight excluding hydrogens is 995 g/mol. The van der Waals surface area contributed by atoms with Crippen LogP contribution in [0.5, 0.6) is 0 Å². The number of allylic oxidation sites excluding steroid dienone is 2. The molecule has 0 saturated carbocycles. The van der Waals surface area contributed by atoms with Crippen LogP contribution in [0.3, 0.4) is 0 Å². The highest BCUT2D eigenvalue weighted by atomic mass is 16.7. The Morgan fingerprint density at radius 1 is 0.362 bits per heavy atom. The standard InChI is InChI=1S/C71H137NO8/c1-6-8-10-12-14-16-18-20-22-23-24-25-26-27-28-29-30-31-32-33-34-35-36-37-38-39-40-41-42-43-44-45-46-47-48-50-51-53-55-57-59-61-68(73)78-65-67(66-79-71(70(75)76)77-64-63-72(3,4)5)80-69(74)62-60-58-56-54-52-49-21-19-17-15-13-11-9-7-2/h19,21,67,71H,6-18,20,22-66H2,1-5H3/p+1/b21-19-. The number of carbonyl (C=O) groups excluding carboxylic acids is 2. The molecule has 0 aromatic rings. The van der Waals surface area contributed by atoms with Crippen LogP contribution in [-0.2, 0) is 33.3 Å². The van der Waals surface area contributed by atoms with Gasteiger partial charge < -0.3 is 28.5 Å². The molecule has 0 aliphatic carbocycles. The number of ether oxygens (including phenoxy) is 4. The van der Waals surface area contributed by atoms with Gasteiger partial charge in [-0.2, -0.15) is 0 Å². The summed E-state index contributed by atoms with van der Waals surface area (Å²) in [6.45, 7) is 4.92. The lowest BCUT2D eigenvalue weighted by atomic mass is 10.0. The molecule has 0 aromatic heterocycles. The summed E-state index contributed by atoms with van der Waals surface area (Å²) < 4.78 is 22.9. The normalized spacial score (nSPS) is 12.7. The molecule has 0 rings (SSSR count).